The van der Waals surface area contributed by atoms with E-state index in [-0.39, 0.29) is 29.9 Å². The zero-order chi connectivity index (χ0) is 19.8. The molecule has 0 aliphatic heterocycles. The summed E-state index contributed by atoms with van der Waals surface area (Å²) in [5.74, 6) is 0.816. The second kappa shape index (κ2) is 12.0. The molecule has 0 bridgehead atoms. The maximum absolute atomic E-state index is 12.4. The Kier molecular flexibility index (Phi) is 10.4. The maximum atomic E-state index is 12.4. The molecule has 0 aliphatic rings. The Balaban J connectivity index is 0.00000392. The van der Waals surface area contributed by atoms with Crippen LogP contribution in [0.25, 0.3) is 0 Å². The van der Waals surface area contributed by atoms with E-state index < -0.39 is 0 Å². The standard InChI is InChI=1S/C20H29N5OS.HI/c1-6-25(7-2)19(26)17-10-8-16(9-11-17)12-22-20(21-5)23-13-18-14(3)24-15(4)27-18;/h8-11H,6-7,12-13H2,1-5H3,(H2,21,22,23);1H. The fourth-order valence-electron chi connectivity index (χ4n) is 2.77. The number of aryl methyl sites for hydroxylation is 2. The molecule has 0 saturated heterocycles. The van der Waals surface area contributed by atoms with E-state index in [1.807, 2.05) is 56.9 Å². The first-order valence-corrected chi connectivity index (χ1v) is 10.1. The van der Waals surface area contributed by atoms with E-state index in [0.29, 0.717) is 13.1 Å². The number of rotatable bonds is 7. The van der Waals surface area contributed by atoms with Gasteiger partial charge in [-0.1, -0.05) is 12.1 Å². The summed E-state index contributed by atoms with van der Waals surface area (Å²) in [5, 5.41) is 7.70. The fraction of sp³-hybridized carbons (Fsp3) is 0.450. The van der Waals surface area contributed by atoms with Crippen molar-refractivity contribution in [2.75, 3.05) is 20.1 Å². The highest BCUT2D eigenvalue weighted by Crippen LogP contribution is 2.16. The topological polar surface area (TPSA) is 69.6 Å². The summed E-state index contributed by atoms with van der Waals surface area (Å²) in [5.41, 5.74) is 2.88. The number of hydrogen-bond donors (Lipinski definition) is 2. The molecule has 0 spiro atoms. The van der Waals surface area contributed by atoms with E-state index in [1.54, 1.807) is 18.4 Å². The molecule has 8 heteroatoms. The van der Waals surface area contributed by atoms with Crippen LogP contribution in [0, 0.1) is 13.8 Å². The van der Waals surface area contributed by atoms with Gasteiger partial charge in [-0.2, -0.15) is 0 Å². The van der Waals surface area contributed by atoms with Gasteiger partial charge in [0.1, 0.15) is 0 Å². The lowest BCUT2D eigenvalue weighted by molar-refractivity contribution is 0.0773. The molecule has 2 aromatic rings. The van der Waals surface area contributed by atoms with Crippen LogP contribution >= 0.6 is 35.3 Å². The van der Waals surface area contributed by atoms with Crippen LogP contribution in [0.4, 0.5) is 0 Å². The number of thiazole rings is 1. The summed E-state index contributed by atoms with van der Waals surface area (Å²) < 4.78 is 0. The van der Waals surface area contributed by atoms with Crippen molar-refractivity contribution in [2.45, 2.75) is 40.8 Å². The molecule has 6 nitrogen and oxygen atoms in total. The number of guanidine groups is 1. The van der Waals surface area contributed by atoms with Crippen molar-refractivity contribution < 1.29 is 4.79 Å². The fourth-order valence-corrected chi connectivity index (χ4v) is 3.64. The van der Waals surface area contributed by atoms with Gasteiger partial charge in [-0.15, -0.1) is 35.3 Å². The highest BCUT2D eigenvalue weighted by molar-refractivity contribution is 14.0. The van der Waals surface area contributed by atoms with Crippen LogP contribution in [0.1, 0.15) is 45.3 Å². The maximum Gasteiger partial charge on any atom is 0.253 e. The van der Waals surface area contributed by atoms with Crippen molar-refractivity contribution in [1.82, 2.24) is 20.5 Å². The number of hydrogen-bond acceptors (Lipinski definition) is 4. The molecule has 0 saturated carbocycles. The van der Waals surface area contributed by atoms with Crippen LogP contribution in [0.3, 0.4) is 0 Å². The molecule has 154 valence electrons. The van der Waals surface area contributed by atoms with Crippen molar-refractivity contribution >= 4 is 47.2 Å². The molecule has 0 fully saturated rings. The van der Waals surface area contributed by atoms with Gasteiger partial charge in [0, 0.05) is 37.1 Å². The molecule has 1 amide bonds. The molecule has 2 N–H and O–H groups in total. The van der Waals surface area contributed by atoms with Crippen LogP contribution in [0.5, 0.6) is 0 Å². The third-order valence-electron chi connectivity index (χ3n) is 4.35. The van der Waals surface area contributed by atoms with Crippen molar-refractivity contribution in [3.05, 3.63) is 51.0 Å². The summed E-state index contributed by atoms with van der Waals surface area (Å²) >= 11 is 1.70. The normalized spacial score (nSPS) is 11.0. The van der Waals surface area contributed by atoms with Gasteiger partial charge in [-0.05, 0) is 45.4 Å². The number of nitrogens with one attached hydrogen (secondary N) is 2. The minimum absolute atomic E-state index is 0. The van der Waals surface area contributed by atoms with Crippen LogP contribution in [0.2, 0.25) is 0 Å². The molecule has 0 radical (unpaired) electrons. The van der Waals surface area contributed by atoms with Gasteiger partial charge in [0.25, 0.3) is 5.91 Å². The average Bonchev–Trinajstić information content (AvgIpc) is 3.00. The summed E-state index contributed by atoms with van der Waals surface area (Å²) in [6.07, 6.45) is 0. The third kappa shape index (κ3) is 6.73. The third-order valence-corrected chi connectivity index (χ3v) is 5.42. The lowest BCUT2D eigenvalue weighted by Gasteiger charge is -2.18. The first kappa shape index (κ1) is 24.4. The predicted octanol–water partition coefficient (Wildman–Crippen LogP) is 3.73. The van der Waals surface area contributed by atoms with Crippen molar-refractivity contribution in [3.63, 3.8) is 0 Å². The Morgan fingerprint density at radius 2 is 1.71 bits per heavy atom. The zero-order valence-corrected chi connectivity index (χ0v) is 20.4. The molecule has 0 unspecified atom stereocenters. The SMILES string of the molecule is CCN(CC)C(=O)c1ccc(CNC(=NC)NCc2sc(C)nc2C)cc1.I. The van der Waals surface area contributed by atoms with Gasteiger partial charge >= 0.3 is 0 Å². The Morgan fingerprint density at radius 3 is 2.21 bits per heavy atom. The first-order chi connectivity index (χ1) is 13.0. The number of aliphatic imine (C=N–C) groups is 1. The lowest BCUT2D eigenvalue weighted by atomic mass is 10.1. The van der Waals surface area contributed by atoms with Gasteiger partial charge < -0.3 is 15.5 Å². The molecule has 0 aliphatic carbocycles. The van der Waals surface area contributed by atoms with Gasteiger partial charge in [0.05, 0.1) is 17.2 Å². The second-order valence-corrected chi connectivity index (χ2v) is 7.48. The Labute approximate surface area is 188 Å². The number of nitrogens with zero attached hydrogens (tertiary/aromatic N) is 3. The van der Waals surface area contributed by atoms with Crippen molar-refractivity contribution in [2.24, 2.45) is 4.99 Å². The smallest absolute Gasteiger partial charge is 0.253 e. The Bertz CT molecular complexity index is 784. The van der Waals surface area contributed by atoms with E-state index in [1.165, 1.54) is 4.88 Å². The van der Waals surface area contributed by atoms with Crippen molar-refractivity contribution in [3.8, 4) is 0 Å². The zero-order valence-electron chi connectivity index (χ0n) is 17.2. The minimum atomic E-state index is 0. The van der Waals surface area contributed by atoms with Gasteiger partial charge in [-0.25, -0.2) is 4.98 Å². The summed E-state index contributed by atoms with van der Waals surface area (Å²) in [6.45, 7) is 10.8. The quantitative estimate of drug-likeness (QED) is 0.335. The van der Waals surface area contributed by atoms with E-state index in [9.17, 15) is 4.79 Å². The summed E-state index contributed by atoms with van der Waals surface area (Å²) in [7, 11) is 1.76. The Hall–Kier alpha value is -1.68. The molecule has 1 heterocycles. The molecule has 1 aromatic carbocycles. The summed E-state index contributed by atoms with van der Waals surface area (Å²) in [4.78, 5) is 24.1. The number of carbonyl (C=O) groups excluding carboxylic acids is 1. The van der Waals surface area contributed by atoms with E-state index in [0.717, 1.165) is 40.9 Å². The van der Waals surface area contributed by atoms with Gasteiger partial charge in [0.2, 0.25) is 0 Å². The average molecular weight is 515 g/mol. The largest absolute Gasteiger partial charge is 0.352 e. The molecule has 2 rings (SSSR count). The van der Waals surface area contributed by atoms with E-state index in [4.69, 9.17) is 0 Å². The van der Waals surface area contributed by atoms with Crippen LogP contribution < -0.4 is 10.6 Å². The highest BCUT2D eigenvalue weighted by atomic mass is 127. The number of carbonyl (C=O) groups is 1. The first-order valence-electron chi connectivity index (χ1n) is 9.24. The highest BCUT2D eigenvalue weighted by Gasteiger charge is 2.12. The van der Waals surface area contributed by atoms with Crippen LogP contribution in [-0.2, 0) is 13.1 Å². The van der Waals surface area contributed by atoms with E-state index in [2.05, 4.69) is 20.6 Å². The number of amides is 1. The summed E-state index contributed by atoms with van der Waals surface area (Å²) in [6, 6.07) is 7.73. The second-order valence-electron chi connectivity index (χ2n) is 6.20. The monoisotopic (exact) mass is 515 g/mol. The predicted molar refractivity (Wildman–Crippen MR) is 128 cm³/mol. The molecular formula is C20H30IN5OS. The van der Waals surface area contributed by atoms with Crippen molar-refractivity contribution in [1.29, 1.82) is 0 Å². The minimum Gasteiger partial charge on any atom is -0.352 e. The number of halogens is 1. The molecule has 28 heavy (non-hydrogen) atoms. The Morgan fingerprint density at radius 1 is 1.11 bits per heavy atom. The van der Waals surface area contributed by atoms with E-state index >= 15 is 0 Å². The van der Waals surface area contributed by atoms with Crippen LogP contribution in [-0.4, -0.2) is 41.9 Å². The van der Waals surface area contributed by atoms with Gasteiger partial charge in [0.15, 0.2) is 5.96 Å². The molecule has 1 aromatic heterocycles. The molecular weight excluding hydrogens is 485 g/mol. The van der Waals surface area contributed by atoms with Crippen LogP contribution in [0.15, 0.2) is 29.3 Å². The number of aromatic nitrogens is 1. The van der Waals surface area contributed by atoms with Gasteiger partial charge in [-0.3, -0.25) is 9.79 Å². The lowest BCUT2D eigenvalue weighted by Crippen LogP contribution is -2.36. The molecule has 0 atom stereocenters. The number of benzene rings is 1.